The summed E-state index contributed by atoms with van der Waals surface area (Å²) in [5.74, 6) is 0. The maximum Gasteiger partial charge on any atom is 0.270 e. The summed E-state index contributed by atoms with van der Waals surface area (Å²) in [6, 6.07) is 3.22. The Kier molecular flexibility index (Phi) is 3.42. The Morgan fingerprint density at radius 3 is 2.85 bits per heavy atom. The molecule has 1 aromatic heterocycles. The van der Waals surface area contributed by atoms with Crippen LogP contribution in [0.15, 0.2) is 22.8 Å². The lowest BCUT2D eigenvalue weighted by atomic mass is 10.1. The molecule has 0 atom stereocenters. The number of nitro benzene ring substituents is 1. The lowest BCUT2D eigenvalue weighted by molar-refractivity contribution is -0.384. The molecular formula is C14H17N3O3. The smallest absolute Gasteiger partial charge is 0.270 e. The van der Waals surface area contributed by atoms with E-state index in [1.54, 1.807) is 18.4 Å². The third-order valence-corrected chi connectivity index (χ3v) is 3.74. The van der Waals surface area contributed by atoms with Crippen LogP contribution in [-0.2, 0) is 6.54 Å². The fraction of sp³-hybridized carbons (Fsp3) is 0.429. The van der Waals surface area contributed by atoms with E-state index >= 15 is 0 Å². The van der Waals surface area contributed by atoms with Crippen molar-refractivity contribution in [2.75, 3.05) is 26.2 Å². The topological polar surface area (TPSA) is 71.5 Å². The molecule has 6 heteroatoms. The second-order valence-corrected chi connectivity index (χ2v) is 5.18. The van der Waals surface area contributed by atoms with Gasteiger partial charge in [-0.25, -0.2) is 0 Å². The molecule has 1 aliphatic heterocycles. The van der Waals surface area contributed by atoms with Gasteiger partial charge in [0.2, 0.25) is 0 Å². The molecule has 0 amide bonds. The molecule has 1 fully saturated rings. The molecular weight excluding hydrogens is 258 g/mol. The molecule has 0 spiro atoms. The average Bonchev–Trinajstić information content (AvgIpc) is 2.82. The molecule has 1 aromatic carbocycles. The van der Waals surface area contributed by atoms with E-state index in [0.29, 0.717) is 6.54 Å². The van der Waals surface area contributed by atoms with Gasteiger partial charge in [0.05, 0.1) is 11.2 Å². The van der Waals surface area contributed by atoms with E-state index in [0.717, 1.165) is 48.3 Å². The molecule has 2 aromatic rings. The summed E-state index contributed by atoms with van der Waals surface area (Å²) in [6.45, 7) is 6.40. The van der Waals surface area contributed by atoms with Crippen molar-refractivity contribution < 1.29 is 9.34 Å². The van der Waals surface area contributed by atoms with Gasteiger partial charge >= 0.3 is 0 Å². The van der Waals surface area contributed by atoms with Crippen LogP contribution in [-0.4, -0.2) is 36.0 Å². The van der Waals surface area contributed by atoms with E-state index in [2.05, 4.69) is 10.2 Å². The molecule has 1 N–H and O–H groups in total. The van der Waals surface area contributed by atoms with Crippen molar-refractivity contribution in [3.63, 3.8) is 0 Å². The predicted octanol–water partition coefficient (Wildman–Crippen LogP) is 2.05. The first-order valence-corrected chi connectivity index (χ1v) is 6.73. The van der Waals surface area contributed by atoms with Crippen LogP contribution in [0.1, 0.15) is 11.1 Å². The SMILES string of the molecule is Cc1coc2c(CN3CCNCC3)cc([N+](=O)[O-])cc12. The Bertz CT molecular complexity index is 644. The molecule has 3 rings (SSSR count). The molecule has 1 saturated heterocycles. The molecule has 20 heavy (non-hydrogen) atoms. The van der Waals surface area contributed by atoms with Gasteiger partial charge < -0.3 is 9.73 Å². The van der Waals surface area contributed by atoms with Crippen LogP contribution in [0.5, 0.6) is 0 Å². The summed E-state index contributed by atoms with van der Waals surface area (Å²) in [5, 5.41) is 15.2. The Balaban J connectivity index is 2.01. The van der Waals surface area contributed by atoms with Gasteiger partial charge in [-0.3, -0.25) is 15.0 Å². The number of furan rings is 1. The number of benzene rings is 1. The second-order valence-electron chi connectivity index (χ2n) is 5.18. The van der Waals surface area contributed by atoms with Crippen LogP contribution in [0, 0.1) is 17.0 Å². The number of piperazine rings is 1. The highest BCUT2D eigenvalue weighted by Crippen LogP contribution is 2.30. The summed E-state index contributed by atoms with van der Waals surface area (Å²) in [7, 11) is 0. The van der Waals surface area contributed by atoms with Crippen LogP contribution < -0.4 is 5.32 Å². The maximum absolute atomic E-state index is 11.1. The summed E-state index contributed by atoms with van der Waals surface area (Å²) >= 11 is 0. The van der Waals surface area contributed by atoms with E-state index in [1.165, 1.54) is 0 Å². The van der Waals surface area contributed by atoms with Gasteiger partial charge in [0.25, 0.3) is 5.69 Å². The van der Waals surface area contributed by atoms with E-state index in [4.69, 9.17) is 4.42 Å². The number of hydrogen-bond acceptors (Lipinski definition) is 5. The molecule has 0 saturated carbocycles. The Labute approximate surface area is 116 Å². The zero-order valence-corrected chi connectivity index (χ0v) is 11.4. The first-order chi connectivity index (χ1) is 9.65. The monoisotopic (exact) mass is 275 g/mol. The lowest BCUT2D eigenvalue weighted by Gasteiger charge is -2.27. The van der Waals surface area contributed by atoms with Crippen LogP contribution in [0.25, 0.3) is 11.0 Å². The Hall–Kier alpha value is -1.92. The summed E-state index contributed by atoms with van der Waals surface area (Å²) in [6.07, 6.45) is 1.66. The number of non-ortho nitro benzene ring substituents is 1. The van der Waals surface area contributed by atoms with Crippen LogP contribution in [0.4, 0.5) is 5.69 Å². The van der Waals surface area contributed by atoms with Crippen LogP contribution in [0.3, 0.4) is 0 Å². The minimum absolute atomic E-state index is 0.132. The van der Waals surface area contributed by atoms with Gasteiger partial charge in [-0.2, -0.15) is 0 Å². The van der Waals surface area contributed by atoms with Gasteiger partial charge in [-0.15, -0.1) is 0 Å². The second kappa shape index (κ2) is 5.22. The average molecular weight is 275 g/mol. The molecule has 106 valence electrons. The number of nitrogens with one attached hydrogen (secondary N) is 1. The van der Waals surface area contributed by atoms with Crippen molar-refractivity contribution in [2.24, 2.45) is 0 Å². The maximum atomic E-state index is 11.1. The van der Waals surface area contributed by atoms with Crippen LogP contribution >= 0.6 is 0 Å². The minimum Gasteiger partial charge on any atom is -0.464 e. The number of rotatable bonds is 3. The van der Waals surface area contributed by atoms with E-state index in [1.807, 2.05) is 6.92 Å². The van der Waals surface area contributed by atoms with E-state index in [9.17, 15) is 10.1 Å². The first kappa shape index (κ1) is 13.1. The van der Waals surface area contributed by atoms with Gasteiger partial charge in [0.15, 0.2) is 0 Å². The number of aryl methyl sites for hydroxylation is 1. The highest BCUT2D eigenvalue weighted by atomic mass is 16.6. The fourth-order valence-electron chi connectivity index (χ4n) is 2.65. The third-order valence-electron chi connectivity index (χ3n) is 3.74. The van der Waals surface area contributed by atoms with Crippen molar-refractivity contribution in [1.29, 1.82) is 0 Å². The van der Waals surface area contributed by atoms with Crippen molar-refractivity contribution >= 4 is 16.7 Å². The van der Waals surface area contributed by atoms with Crippen molar-refractivity contribution in [2.45, 2.75) is 13.5 Å². The van der Waals surface area contributed by atoms with Gasteiger partial charge in [-0.05, 0) is 12.5 Å². The zero-order chi connectivity index (χ0) is 14.1. The summed E-state index contributed by atoms with van der Waals surface area (Å²) < 4.78 is 5.59. The number of nitrogens with zero attached hydrogens (tertiary/aromatic N) is 2. The summed E-state index contributed by atoms with van der Waals surface area (Å²) in [4.78, 5) is 13.0. The number of nitro groups is 1. The molecule has 6 nitrogen and oxygen atoms in total. The van der Waals surface area contributed by atoms with Crippen molar-refractivity contribution in [3.05, 3.63) is 39.6 Å². The van der Waals surface area contributed by atoms with Crippen molar-refractivity contribution in [3.8, 4) is 0 Å². The van der Waals surface area contributed by atoms with Gasteiger partial charge in [-0.1, -0.05) is 0 Å². The highest BCUT2D eigenvalue weighted by Gasteiger charge is 2.18. The van der Waals surface area contributed by atoms with Crippen molar-refractivity contribution in [1.82, 2.24) is 10.2 Å². The number of hydrogen-bond donors (Lipinski definition) is 1. The fourth-order valence-corrected chi connectivity index (χ4v) is 2.65. The van der Waals surface area contributed by atoms with Gasteiger partial charge in [0.1, 0.15) is 5.58 Å². The molecule has 1 aliphatic rings. The molecule has 0 bridgehead atoms. The quantitative estimate of drug-likeness (QED) is 0.685. The Morgan fingerprint density at radius 1 is 1.40 bits per heavy atom. The standard InChI is InChI=1S/C14H17N3O3/c1-10-9-20-14-11(8-16-4-2-15-3-5-16)6-12(17(18)19)7-13(10)14/h6-7,9,15H,2-5,8H2,1H3. The van der Waals surface area contributed by atoms with E-state index < -0.39 is 0 Å². The normalized spacial score (nSPS) is 16.6. The van der Waals surface area contributed by atoms with E-state index in [-0.39, 0.29) is 10.6 Å². The molecule has 0 unspecified atom stereocenters. The summed E-state index contributed by atoms with van der Waals surface area (Å²) in [5.41, 5.74) is 2.73. The molecule has 2 heterocycles. The minimum atomic E-state index is -0.340. The van der Waals surface area contributed by atoms with Gasteiger partial charge in [0, 0.05) is 55.8 Å². The molecule has 0 aliphatic carbocycles. The predicted molar refractivity (Wildman–Crippen MR) is 75.8 cm³/mol. The zero-order valence-electron chi connectivity index (χ0n) is 11.4. The molecule has 0 radical (unpaired) electrons. The highest BCUT2D eigenvalue weighted by molar-refractivity contribution is 5.86. The Morgan fingerprint density at radius 2 is 2.15 bits per heavy atom. The first-order valence-electron chi connectivity index (χ1n) is 6.73. The largest absolute Gasteiger partial charge is 0.464 e. The lowest BCUT2D eigenvalue weighted by Crippen LogP contribution is -2.42. The number of fused-ring (bicyclic) bond motifs is 1. The van der Waals surface area contributed by atoms with Crippen LogP contribution in [0.2, 0.25) is 0 Å². The third kappa shape index (κ3) is 2.39.